The molecule has 0 saturated carbocycles. The number of rotatable bonds is 2. The Bertz CT molecular complexity index is 543. The summed E-state index contributed by atoms with van der Waals surface area (Å²) in [5.74, 6) is 0.156. The zero-order valence-corrected chi connectivity index (χ0v) is 13.3. The average molecular weight is 335 g/mol. The van der Waals surface area contributed by atoms with Gasteiger partial charge in [0.05, 0.1) is 6.54 Å². The lowest BCUT2D eigenvalue weighted by Gasteiger charge is -2.35. The first-order valence-corrected chi connectivity index (χ1v) is 7.28. The van der Waals surface area contributed by atoms with Gasteiger partial charge in [-0.2, -0.15) is 13.2 Å². The number of carbonyl (C=O) groups is 1. The molecule has 0 aromatic carbocycles. The van der Waals surface area contributed by atoms with Crippen molar-refractivity contribution in [2.45, 2.75) is 39.1 Å². The fourth-order valence-electron chi connectivity index (χ4n) is 2.16. The molecule has 1 aliphatic rings. The highest BCUT2D eigenvalue weighted by Crippen LogP contribution is 2.28. The molecule has 1 saturated heterocycles. The third kappa shape index (κ3) is 5.12. The maximum atomic E-state index is 12.5. The molecule has 2 rings (SSSR count). The molecule has 9 heteroatoms. The van der Waals surface area contributed by atoms with E-state index >= 15 is 0 Å². The Labute approximate surface area is 132 Å². The molecule has 1 amide bonds. The maximum absolute atomic E-state index is 12.5. The topological polar surface area (TPSA) is 58.8 Å². The van der Waals surface area contributed by atoms with Crippen LogP contribution in [0.5, 0.6) is 0 Å². The number of alkyl halides is 3. The molecule has 2 heterocycles. The van der Waals surface area contributed by atoms with Gasteiger partial charge in [-0.05, 0) is 20.8 Å². The van der Waals surface area contributed by atoms with E-state index in [0.717, 1.165) is 6.07 Å². The maximum Gasteiger partial charge on any atom is 0.436 e. The van der Waals surface area contributed by atoms with E-state index < -0.39 is 17.5 Å². The van der Waals surface area contributed by atoms with Gasteiger partial charge in [-0.25, -0.2) is 4.79 Å². The Morgan fingerprint density at radius 1 is 1.26 bits per heavy atom. The molecule has 130 valence electrons. The number of hydrogen-bond donors (Lipinski definition) is 0. The van der Waals surface area contributed by atoms with Gasteiger partial charge in [0.1, 0.15) is 5.60 Å². The number of hydrogen-bond acceptors (Lipinski definition) is 5. The molecule has 1 fully saturated rings. The van der Waals surface area contributed by atoms with Crippen molar-refractivity contribution in [1.82, 2.24) is 15.0 Å². The molecule has 0 unspecified atom stereocenters. The zero-order valence-electron chi connectivity index (χ0n) is 13.3. The smallest absolute Gasteiger partial charge is 0.436 e. The Morgan fingerprint density at radius 2 is 1.87 bits per heavy atom. The molecule has 0 atom stereocenters. The molecule has 0 aliphatic carbocycles. The predicted molar refractivity (Wildman–Crippen MR) is 74.6 cm³/mol. The van der Waals surface area contributed by atoms with E-state index in [1.807, 2.05) is 4.90 Å². The number of aromatic nitrogens is 1. The lowest BCUT2D eigenvalue weighted by molar-refractivity contribution is -0.142. The number of piperazine rings is 1. The standard InChI is InChI=1S/C14H20F3N3O3/c1-13(2,3)22-12(21)20-6-4-19(5-7-20)9-10-8-11(18-23-10)14(15,16)17/h8H,4-7,9H2,1-3H3. The first kappa shape index (κ1) is 17.6. The van der Waals surface area contributed by atoms with Gasteiger partial charge in [-0.1, -0.05) is 5.16 Å². The number of ether oxygens (including phenoxy) is 1. The van der Waals surface area contributed by atoms with Gasteiger partial charge >= 0.3 is 12.3 Å². The summed E-state index contributed by atoms with van der Waals surface area (Å²) >= 11 is 0. The third-order valence-corrected chi connectivity index (χ3v) is 3.25. The van der Waals surface area contributed by atoms with Gasteiger partial charge in [0.25, 0.3) is 0 Å². The quantitative estimate of drug-likeness (QED) is 0.832. The molecule has 0 bridgehead atoms. The number of nitrogens with zero attached hydrogens (tertiary/aromatic N) is 3. The van der Waals surface area contributed by atoms with Gasteiger partial charge < -0.3 is 14.2 Å². The van der Waals surface area contributed by atoms with Crippen molar-refractivity contribution in [2.75, 3.05) is 26.2 Å². The molecular weight excluding hydrogens is 315 g/mol. The van der Waals surface area contributed by atoms with Crippen LogP contribution in [0.2, 0.25) is 0 Å². The van der Waals surface area contributed by atoms with E-state index in [2.05, 4.69) is 5.16 Å². The fraction of sp³-hybridized carbons (Fsp3) is 0.714. The van der Waals surface area contributed by atoms with Crippen LogP contribution < -0.4 is 0 Å². The number of carbonyl (C=O) groups excluding carboxylic acids is 1. The molecule has 0 N–H and O–H groups in total. The van der Waals surface area contributed by atoms with E-state index in [1.54, 1.807) is 25.7 Å². The van der Waals surface area contributed by atoms with Crippen LogP contribution in [0.1, 0.15) is 32.2 Å². The molecule has 1 aromatic heterocycles. The van der Waals surface area contributed by atoms with Crippen LogP contribution in [-0.4, -0.2) is 52.8 Å². The summed E-state index contributed by atoms with van der Waals surface area (Å²) in [6, 6.07) is 0.903. The first-order chi connectivity index (χ1) is 10.5. The number of halogens is 3. The van der Waals surface area contributed by atoms with Crippen molar-refractivity contribution in [3.05, 3.63) is 17.5 Å². The molecule has 1 aliphatic heterocycles. The Kier molecular flexibility index (Phi) is 4.88. The Hall–Kier alpha value is -1.77. The lowest BCUT2D eigenvalue weighted by atomic mass is 10.2. The van der Waals surface area contributed by atoms with Gasteiger partial charge in [-0.3, -0.25) is 4.90 Å². The van der Waals surface area contributed by atoms with Gasteiger partial charge in [0, 0.05) is 32.2 Å². The minimum Gasteiger partial charge on any atom is -0.444 e. The van der Waals surface area contributed by atoms with Gasteiger partial charge in [0.2, 0.25) is 0 Å². The van der Waals surface area contributed by atoms with Crippen molar-refractivity contribution in [3.8, 4) is 0 Å². The summed E-state index contributed by atoms with van der Waals surface area (Å²) in [4.78, 5) is 15.4. The van der Waals surface area contributed by atoms with E-state index in [0.29, 0.717) is 26.2 Å². The Balaban J connectivity index is 1.83. The predicted octanol–water partition coefficient (Wildman–Crippen LogP) is 2.75. The van der Waals surface area contributed by atoms with Crippen LogP contribution in [0.3, 0.4) is 0 Å². The summed E-state index contributed by atoms with van der Waals surface area (Å²) in [5, 5.41) is 3.03. The molecule has 6 nitrogen and oxygen atoms in total. The zero-order chi connectivity index (χ0) is 17.3. The lowest BCUT2D eigenvalue weighted by Crippen LogP contribution is -2.49. The monoisotopic (exact) mass is 335 g/mol. The van der Waals surface area contributed by atoms with Crippen LogP contribution in [0.15, 0.2) is 10.6 Å². The van der Waals surface area contributed by atoms with E-state index in [-0.39, 0.29) is 18.4 Å². The minimum atomic E-state index is -4.50. The second kappa shape index (κ2) is 6.38. The summed E-state index contributed by atoms with van der Waals surface area (Å²) in [5.41, 5.74) is -1.58. The van der Waals surface area contributed by atoms with Crippen molar-refractivity contribution < 1.29 is 27.2 Å². The SMILES string of the molecule is CC(C)(C)OC(=O)N1CCN(Cc2cc(C(F)(F)F)no2)CC1. The highest BCUT2D eigenvalue weighted by molar-refractivity contribution is 5.68. The van der Waals surface area contributed by atoms with Crippen molar-refractivity contribution >= 4 is 6.09 Å². The van der Waals surface area contributed by atoms with Crippen LogP contribution in [0, 0.1) is 0 Å². The van der Waals surface area contributed by atoms with Gasteiger partial charge in [-0.15, -0.1) is 0 Å². The van der Waals surface area contributed by atoms with Crippen molar-refractivity contribution in [1.29, 1.82) is 0 Å². The molecule has 0 spiro atoms. The van der Waals surface area contributed by atoms with Crippen LogP contribution in [-0.2, 0) is 17.5 Å². The van der Waals surface area contributed by atoms with Crippen molar-refractivity contribution in [2.24, 2.45) is 0 Å². The van der Waals surface area contributed by atoms with E-state index in [1.165, 1.54) is 0 Å². The molecular formula is C14H20F3N3O3. The Morgan fingerprint density at radius 3 is 2.35 bits per heavy atom. The van der Waals surface area contributed by atoms with Crippen molar-refractivity contribution in [3.63, 3.8) is 0 Å². The summed E-state index contributed by atoms with van der Waals surface area (Å²) in [6.45, 7) is 7.58. The highest BCUT2D eigenvalue weighted by atomic mass is 19.4. The molecule has 0 radical (unpaired) electrons. The average Bonchev–Trinajstić information content (AvgIpc) is 2.86. The molecule has 1 aromatic rings. The van der Waals surface area contributed by atoms with E-state index in [4.69, 9.17) is 9.26 Å². The third-order valence-electron chi connectivity index (χ3n) is 3.25. The number of amides is 1. The van der Waals surface area contributed by atoms with Crippen LogP contribution in [0.25, 0.3) is 0 Å². The molecule has 23 heavy (non-hydrogen) atoms. The fourth-order valence-corrected chi connectivity index (χ4v) is 2.16. The first-order valence-electron chi connectivity index (χ1n) is 7.28. The van der Waals surface area contributed by atoms with E-state index in [9.17, 15) is 18.0 Å². The second-order valence-corrected chi connectivity index (χ2v) is 6.42. The summed E-state index contributed by atoms with van der Waals surface area (Å²) in [7, 11) is 0. The highest BCUT2D eigenvalue weighted by Gasteiger charge is 2.35. The second-order valence-electron chi connectivity index (χ2n) is 6.42. The minimum absolute atomic E-state index is 0.156. The van der Waals surface area contributed by atoms with Gasteiger partial charge in [0.15, 0.2) is 11.5 Å². The summed E-state index contributed by atoms with van der Waals surface area (Å²) in [6.07, 6.45) is -4.88. The van der Waals surface area contributed by atoms with Crippen LogP contribution >= 0.6 is 0 Å². The summed E-state index contributed by atoms with van der Waals surface area (Å²) < 4.78 is 47.4. The largest absolute Gasteiger partial charge is 0.444 e. The normalized spacial score (nSPS) is 17.4. The van der Waals surface area contributed by atoms with Crippen LogP contribution in [0.4, 0.5) is 18.0 Å².